The summed E-state index contributed by atoms with van der Waals surface area (Å²) in [5, 5.41) is 0.705. The molecule has 1 rings (SSSR count). The zero-order valence-electron chi connectivity index (χ0n) is 11.7. The van der Waals surface area contributed by atoms with Gasteiger partial charge in [-0.1, -0.05) is 23.7 Å². The zero-order valence-corrected chi connectivity index (χ0v) is 12.5. The van der Waals surface area contributed by atoms with Gasteiger partial charge in [0, 0.05) is 24.0 Å². The van der Waals surface area contributed by atoms with Gasteiger partial charge in [-0.25, -0.2) is 0 Å². The van der Waals surface area contributed by atoms with Crippen LogP contribution in [0.5, 0.6) is 0 Å². The molecule has 2 N–H and O–H groups in total. The number of hydrogen-bond donors (Lipinski definition) is 1. The van der Waals surface area contributed by atoms with Gasteiger partial charge in [0.2, 0.25) is 5.91 Å². The maximum absolute atomic E-state index is 12.2. The van der Waals surface area contributed by atoms with Gasteiger partial charge in [-0.3, -0.25) is 4.79 Å². The van der Waals surface area contributed by atoms with E-state index in [0.717, 1.165) is 18.4 Å². The van der Waals surface area contributed by atoms with E-state index in [1.165, 1.54) is 0 Å². The largest absolute Gasteiger partial charge is 0.336 e. The van der Waals surface area contributed by atoms with Crippen LogP contribution in [0.3, 0.4) is 0 Å². The van der Waals surface area contributed by atoms with Gasteiger partial charge >= 0.3 is 0 Å². The molecule has 4 heteroatoms. The van der Waals surface area contributed by atoms with Crippen LogP contribution in [0.4, 0.5) is 0 Å². The number of hydrogen-bond acceptors (Lipinski definition) is 2. The first kappa shape index (κ1) is 16.0. The number of unbranched alkanes of at least 4 members (excludes halogenated alkanes) is 1. The van der Waals surface area contributed by atoms with E-state index in [9.17, 15) is 4.79 Å². The van der Waals surface area contributed by atoms with Gasteiger partial charge in [-0.05, 0) is 50.9 Å². The molecule has 0 bridgehead atoms. The first-order chi connectivity index (χ1) is 9.04. The lowest BCUT2D eigenvalue weighted by Crippen LogP contribution is -2.36. The van der Waals surface area contributed by atoms with Crippen LogP contribution in [-0.4, -0.2) is 23.4 Å². The predicted octanol–water partition coefficient (Wildman–Crippen LogP) is 3.21. The van der Waals surface area contributed by atoms with E-state index in [4.69, 9.17) is 17.3 Å². The molecule has 0 saturated carbocycles. The first-order valence-corrected chi connectivity index (χ1v) is 7.16. The van der Waals surface area contributed by atoms with Crippen LogP contribution in [0, 0.1) is 0 Å². The van der Waals surface area contributed by atoms with Gasteiger partial charge in [0.05, 0.1) is 0 Å². The van der Waals surface area contributed by atoms with E-state index in [2.05, 4.69) is 0 Å². The van der Waals surface area contributed by atoms with Crippen molar-refractivity contribution in [3.8, 4) is 0 Å². The molecule has 1 aromatic carbocycles. The summed E-state index contributed by atoms with van der Waals surface area (Å²) in [6, 6.07) is 7.84. The van der Waals surface area contributed by atoms with Crippen molar-refractivity contribution in [2.45, 2.75) is 45.7 Å². The second-order valence-electron chi connectivity index (χ2n) is 4.99. The van der Waals surface area contributed by atoms with Gasteiger partial charge in [0.15, 0.2) is 0 Å². The van der Waals surface area contributed by atoms with Crippen LogP contribution in [0.15, 0.2) is 24.3 Å². The number of carbonyl (C=O) groups excluding carboxylic acids is 1. The first-order valence-electron chi connectivity index (χ1n) is 6.78. The summed E-state index contributed by atoms with van der Waals surface area (Å²) in [4.78, 5) is 14.1. The lowest BCUT2D eigenvalue weighted by atomic mass is 10.1. The molecule has 0 saturated heterocycles. The minimum absolute atomic E-state index is 0.184. The third-order valence-electron chi connectivity index (χ3n) is 3.03. The van der Waals surface area contributed by atoms with Crippen molar-refractivity contribution < 1.29 is 4.79 Å². The van der Waals surface area contributed by atoms with E-state index in [0.29, 0.717) is 24.5 Å². The zero-order chi connectivity index (χ0) is 14.3. The van der Waals surface area contributed by atoms with E-state index in [1.807, 2.05) is 43.0 Å². The van der Waals surface area contributed by atoms with Crippen LogP contribution in [0.1, 0.15) is 38.7 Å². The van der Waals surface area contributed by atoms with Crippen molar-refractivity contribution in [3.05, 3.63) is 34.9 Å². The summed E-state index contributed by atoms with van der Waals surface area (Å²) in [6.07, 6.45) is 2.32. The molecule has 0 fully saturated rings. The molecule has 0 radical (unpaired) electrons. The molecule has 1 aromatic rings. The summed E-state index contributed by atoms with van der Waals surface area (Å²) in [5.41, 5.74) is 6.51. The van der Waals surface area contributed by atoms with Crippen molar-refractivity contribution in [3.63, 3.8) is 0 Å². The van der Waals surface area contributed by atoms with Gasteiger partial charge < -0.3 is 10.6 Å². The van der Waals surface area contributed by atoms with E-state index in [1.54, 1.807) is 0 Å². The van der Waals surface area contributed by atoms with Gasteiger partial charge in [-0.2, -0.15) is 0 Å². The Hall–Kier alpha value is -1.06. The molecular formula is C15H23ClN2O. The second kappa shape index (κ2) is 8.18. The molecule has 0 unspecified atom stereocenters. The van der Waals surface area contributed by atoms with Crippen molar-refractivity contribution in [2.75, 3.05) is 6.54 Å². The highest BCUT2D eigenvalue weighted by Gasteiger charge is 2.16. The molecule has 106 valence electrons. The maximum Gasteiger partial charge on any atom is 0.223 e. The van der Waals surface area contributed by atoms with E-state index >= 15 is 0 Å². The molecule has 0 spiro atoms. The lowest BCUT2D eigenvalue weighted by Gasteiger charge is -2.27. The minimum Gasteiger partial charge on any atom is -0.336 e. The lowest BCUT2D eigenvalue weighted by molar-refractivity contribution is -0.133. The molecule has 1 amide bonds. The quantitative estimate of drug-likeness (QED) is 0.781. The Morgan fingerprint density at radius 3 is 2.68 bits per heavy atom. The van der Waals surface area contributed by atoms with Crippen molar-refractivity contribution >= 4 is 17.5 Å². The molecular weight excluding hydrogens is 260 g/mol. The smallest absolute Gasteiger partial charge is 0.223 e. The highest BCUT2D eigenvalue weighted by molar-refractivity contribution is 6.30. The standard InChI is InChI=1S/C15H23ClN2O/c1-12(2)18(15(19)8-3-4-9-17)11-13-6-5-7-14(16)10-13/h5-7,10,12H,3-4,8-9,11,17H2,1-2H3. The molecule has 0 aliphatic heterocycles. The van der Waals surface area contributed by atoms with Gasteiger partial charge in [-0.15, -0.1) is 0 Å². The van der Waals surface area contributed by atoms with E-state index in [-0.39, 0.29) is 11.9 Å². The SMILES string of the molecule is CC(C)N(Cc1cccc(Cl)c1)C(=O)CCCCN. The molecule has 0 aliphatic carbocycles. The average molecular weight is 283 g/mol. The van der Waals surface area contributed by atoms with Gasteiger partial charge in [0.25, 0.3) is 0 Å². The topological polar surface area (TPSA) is 46.3 Å². The number of nitrogens with zero attached hydrogens (tertiary/aromatic N) is 1. The monoisotopic (exact) mass is 282 g/mol. The van der Waals surface area contributed by atoms with Crippen LogP contribution >= 0.6 is 11.6 Å². The molecule has 0 atom stereocenters. The normalized spacial score (nSPS) is 10.8. The molecule has 19 heavy (non-hydrogen) atoms. The molecule has 0 aromatic heterocycles. The van der Waals surface area contributed by atoms with Crippen molar-refractivity contribution in [1.82, 2.24) is 4.90 Å². The van der Waals surface area contributed by atoms with Crippen molar-refractivity contribution in [1.29, 1.82) is 0 Å². The summed E-state index contributed by atoms with van der Waals surface area (Å²) < 4.78 is 0. The Balaban J connectivity index is 2.64. The molecule has 3 nitrogen and oxygen atoms in total. The molecule has 0 aliphatic rings. The van der Waals surface area contributed by atoms with Crippen LogP contribution in [0.2, 0.25) is 5.02 Å². The highest BCUT2D eigenvalue weighted by atomic mass is 35.5. The summed E-state index contributed by atoms with van der Waals surface area (Å²) >= 11 is 5.97. The Bertz CT molecular complexity index is 407. The Morgan fingerprint density at radius 2 is 2.11 bits per heavy atom. The number of amides is 1. The summed E-state index contributed by atoms with van der Waals surface area (Å²) in [7, 11) is 0. The number of rotatable bonds is 7. The highest BCUT2D eigenvalue weighted by Crippen LogP contribution is 2.15. The number of carbonyl (C=O) groups is 1. The van der Waals surface area contributed by atoms with Crippen molar-refractivity contribution in [2.24, 2.45) is 5.73 Å². The Morgan fingerprint density at radius 1 is 1.37 bits per heavy atom. The fourth-order valence-corrected chi connectivity index (χ4v) is 2.17. The Labute approximate surface area is 120 Å². The van der Waals surface area contributed by atoms with Crippen LogP contribution in [-0.2, 0) is 11.3 Å². The number of benzene rings is 1. The fourth-order valence-electron chi connectivity index (χ4n) is 1.95. The maximum atomic E-state index is 12.2. The van der Waals surface area contributed by atoms with E-state index < -0.39 is 0 Å². The third kappa shape index (κ3) is 5.62. The summed E-state index contributed by atoms with van der Waals surface area (Å²) in [5.74, 6) is 0.184. The number of nitrogens with two attached hydrogens (primary N) is 1. The second-order valence-corrected chi connectivity index (χ2v) is 5.43. The third-order valence-corrected chi connectivity index (χ3v) is 3.27. The average Bonchev–Trinajstić information content (AvgIpc) is 2.36. The van der Waals surface area contributed by atoms with Gasteiger partial charge in [0.1, 0.15) is 0 Å². The molecule has 0 heterocycles. The number of halogens is 1. The van der Waals surface area contributed by atoms with Crippen LogP contribution in [0.25, 0.3) is 0 Å². The Kier molecular flexibility index (Phi) is 6.89. The summed E-state index contributed by atoms with van der Waals surface area (Å²) in [6.45, 7) is 5.32. The minimum atomic E-state index is 0.184. The predicted molar refractivity (Wildman–Crippen MR) is 80.0 cm³/mol. The van der Waals surface area contributed by atoms with Crippen LogP contribution < -0.4 is 5.73 Å². The fraction of sp³-hybridized carbons (Fsp3) is 0.533.